The predicted octanol–water partition coefficient (Wildman–Crippen LogP) is 0.182. The van der Waals surface area contributed by atoms with Gasteiger partial charge in [-0.1, -0.05) is 0 Å². The lowest BCUT2D eigenvalue weighted by molar-refractivity contribution is 0.200. The quantitative estimate of drug-likeness (QED) is 0.595. The average molecular weight is 172 g/mol. The number of nitrogens with zero attached hydrogens (tertiary/aromatic N) is 1. The zero-order chi connectivity index (χ0) is 8.81. The van der Waals surface area contributed by atoms with Gasteiger partial charge >= 0.3 is 0 Å². The molecule has 0 bridgehead atoms. The van der Waals surface area contributed by atoms with Gasteiger partial charge in [-0.05, 0) is 45.3 Å². The summed E-state index contributed by atoms with van der Waals surface area (Å²) in [6, 6.07) is 0.430. The second-order valence-electron chi connectivity index (χ2n) is 3.61. The van der Waals surface area contributed by atoms with Crippen LogP contribution >= 0.6 is 0 Å². The summed E-state index contributed by atoms with van der Waals surface area (Å²) < 4.78 is 0. The van der Waals surface area contributed by atoms with Gasteiger partial charge in [-0.3, -0.25) is 0 Å². The molecule has 0 aromatic carbocycles. The number of unbranched alkanes of at least 4 members (excludes halogenated alkanes) is 1. The topological polar surface area (TPSA) is 49.5 Å². The summed E-state index contributed by atoms with van der Waals surface area (Å²) in [5.74, 6) is 0. The molecule has 0 radical (unpaired) electrons. The molecule has 0 spiro atoms. The Bertz CT molecular complexity index is 111. The molecular weight excluding hydrogens is 152 g/mol. The molecule has 3 N–H and O–H groups in total. The molecular formula is C9H20N2O. The summed E-state index contributed by atoms with van der Waals surface area (Å²) in [6.07, 6.45) is 4.33. The van der Waals surface area contributed by atoms with Crippen molar-refractivity contribution in [2.24, 2.45) is 5.73 Å². The minimum atomic E-state index is 0.327. The maximum absolute atomic E-state index is 8.60. The first-order valence-corrected chi connectivity index (χ1v) is 4.91. The van der Waals surface area contributed by atoms with E-state index in [2.05, 4.69) is 4.90 Å². The smallest absolute Gasteiger partial charge is 0.0431 e. The molecule has 0 aromatic rings. The van der Waals surface area contributed by atoms with Crippen LogP contribution in [-0.4, -0.2) is 42.3 Å². The molecule has 1 aliphatic heterocycles. The molecule has 3 heteroatoms. The van der Waals surface area contributed by atoms with Gasteiger partial charge in [0, 0.05) is 12.6 Å². The third kappa shape index (κ3) is 3.52. The maximum atomic E-state index is 8.60. The van der Waals surface area contributed by atoms with Crippen molar-refractivity contribution in [2.45, 2.75) is 31.7 Å². The first kappa shape index (κ1) is 9.96. The number of likely N-dealkylation sites (tertiary alicyclic amines) is 1. The fraction of sp³-hybridized carbons (Fsp3) is 1.00. The standard InChI is InChI=1S/C9H20N2O/c10-9-3-6-11(7-4-9)5-1-2-8-12/h9,12H,1-8,10H2. The molecule has 0 unspecified atom stereocenters. The maximum Gasteiger partial charge on any atom is 0.0431 e. The highest BCUT2D eigenvalue weighted by atomic mass is 16.2. The van der Waals surface area contributed by atoms with Crippen LogP contribution < -0.4 is 5.73 Å². The first-order valence-electron chi connectivity index (χ1n) is 4.91. The minimum absolute atomic E-state index is 0.327. The summed E-state index contributed by atoms with van der Waals surface area (Å²) in [6.45, 7) is 3.75. The highest BCUT2D eigenvalue weighted by Crippen LogP contribution is 2.08. The van der Waals surface area contributed by atoms with E-state index in [0.717, 1.165) is 45.3 Å². The summed E-state index contributed by atoms with van der Waals surface area (Å²) >= 11 is 0. The van der Waals surface area contributed by atoms with Crippen molar-refractivity contribution in [1.29, 1.82) is 0 Å². The van der Waals surface area contributed by atoms with E-state index in [4.69, 9.17) is 10.8 Å². The normalized spacial score (nSPS) is 21.5. The van der Waals surface area contributed by atoms with Gasteiger partial charge in [-0.15, -0.1) is 0 Å². The molecule has 1 aliphatic rings. The predicted molar refractivity (Wildman–Crippen MR) is 50.0 cm³/mol. The molecule has 1 heterocycles. The van der Waals surface area contributed by atoms with Crippen LogP contribution in [-0.2, 0) is 0 Å². The summed E-state index contributed by atoms with van der Waals surface area (Å²) in [7, 11) is 0. The third-order valence-electron chi connectivity index (χ3n) is 2.51. The van der Waals surface area contributed by atoms with E-state index in [-0.39, 0.29) is 0 Å². The van der Waals surface area contributed by atoms with Crippen LogP contribution in [0, 0.1) is 0 Å². The van der Waals surface area contributed by atoms with Crippen LogP contribution in [0.5, 0.6) is 0 Å². The Balaban J connectivity index is 2.01. The van der Waals surface area contributed by atoms with Crippen LogP contribution in [0.1, 0.15) is 25.7 Å². The number of nitrogens with two attached hydrogens (primary N) is 1. The lowest BCUT2D eigenvalue weighted by atomic mass is 10.1. The highest BCUT2D eigenvalue weighted by molar-refractivity contribution is 4.73. The zero-order valence-electron chi connectivity index (χ0n) is 7.71. The van der Waals surface area contributed by atoms with Crippen molar-refractivity contribution in [3.63, 3.8) is 0 Å². The summed E-state index contributed by atoms with van der Waals surface area (Å²) in [5, 5.41) is 8.60. The van der Waals surface area contributed by atoms with E-state index in [1.54, 1.807) is 0 Å². The lowest BCUT2D eigenvalue weighted by Gasteiger charge is -2.29. The van der Waals surface area contributed by atoms with Crippen molar-refractivity contribution in [2.75, 3.05) is 26.2 Å². The molecule has 0 amide bonds. The first-order chi connectivity index (χ1) is 5.83. The van der Waals surface area contributed by atoms with Crippen LogP contribution in [0.25, 0.3) is 0 Å². The van der Waals surface area contributed by atoms with Crippen molar-refractivity contribution in [1.82, 2.24) is 4.90 Å². The van der Waals surface area contributed by atoms with Gasteiger partial charge < -0.3 is 15.7 Å². The molecule has 1 rings (SSSR count). The van der Waals surface area contributed by atoms with Gasteiger partial charge in [-0.25, -0.2) is 0 Å². The van der Waals surface area contributed by atoms with Crippen LogP contribution in [0.4, 0.5) is 0 Å². The number of rotatable bonds is 4. The molecule has 0 saturated carbocycles. The van der Waals surface area contributed by atoms with E-state index in [0.29, 0.717) is 12.6 Å². The van der Waals surface area contributed by atoms with Crippen LogP contribution in [0.15, 0.2) is 0 Å². The second kappa shape index (κ2) is 5.51. The van der Waals surface area contributed by atoms with E-state index >= 15 is 0 Å². The second-order valence-corrected chi connectivity index (χ2v) is 3.61. The van der Waals surface area contributed by atoms with Gasteiger partial charge in [0.1, 0.15) is 0 Å². The molecule has 12 heavy (non-hydrogen) atoms. The Hall–Kier alpha value is -0.120. The minimum Gasteiger partial charge on any atom is -0.396 e. The Kier molecular flexibility index (Phi) is 4.58. The molecule has 72 valence electrons. The number of piperidine rings is 1. The van der Waals surface area contributed by atoms with Crippen LogP contribution in [0.3, 0.4) is 0 Å². The van der Waals surface area contributed by atoms with Crippen LogP contribution in [0.2, 0.25) is 0 Å². The largest absolute Gasteiger partial charge is 0.396 e. The van der Waals surface area contributed by atoms with Gasteiger partial charge in [0.25, 0.3) is 0 Å². The van der Waals surface area contributed by atoms with E-state index in [1.165, 1.54) is 0 Å². The Morgan fingerprint density at radius 3 is 2.50 bits per heavy atom. The van der Waals surface area contributed by atoms with Crippen molar-refractivity contribution in [3.8, 4) is 0 Å². The number of hydrogen-bond acceptors (Lipinski definition) is 3. The number of hydrogen-bond donors (Lipinski definition) is 2. The van der Waals surface area contributed by atoms with Gasteiger partial charge in [0.05, 0.1) is 0 Å². The molecule has 0 atom stereocenters. The summed E-state index contributed by atoms with van der Waals surface area (Å²) in [5.41, 5.74) is 5.79. The van der Waals surface area contributed by atoms with E-state index in [9.17, 15) is 0 Å². The van der Waals surface area contributed by atoms with Gasteiger partial charge in [0.2, 0.25) is 0 Å². The Morgan fingerprint density at radius 2 is 1.92 bits per heavy atom. The lowest BCUT2D eigenvalue weighted by Crippen LogP contribution is -2.40. The number of aliphatic hydroxyl groups excluding tert-OH is 1. The van der Waals surface area contributed by atoms with E-state index < -0.39 is 0 Å². The van der Waals surface area contributed by atoms with E-state index in [1.807, 2.05) is 0 Å². The zero-order valence-corrected chi connectivity index (χ0v) is 7.71. The van der Waals surface area contributed by atoms with Gasteiger partial charge in [0.15, 0.2) is 0 Å². The molecule has 1 saturated heterocycles. The van der Waals surface area contributed by atoms with Gasteiger partial charge in [-0.2, -0.15) is 0 Å². The number of aliphatic hydroxyl groups is 1. The molecule has 3 nitrogen and oxygen atoms in total. The summed E-state index contributed by atoms with van der Waals surface area (Å²) in [4.78, 5) is 2.44. The van der Waals surface area contributed by atoms with Crippen molar-refractivity contribution >= 4 is 0 Å². The fourth-order valence-electron chi connectivity index (χ4n) is 1.62. The van der Waals surface area contributed by atoms with Crippen molar-refractivity contribution < 1.29 is 5.11 Å². The fourth-order valence-corrected chi connectivity index (χ4v) is 1.62. The Morgan fingerprint density at radius 1 is 1.25 bits per heavy atom. The average Bonchev–Trinajstić information content (AvgIpc) is 2.09. The third-order valence-corrected chi connectivity index (χ3v) is 2.51. The van der Waals surface area contributed by atoms with Crippen molar-refractivity contribution in [3.05, 3.63) is 0 Å². The monoisotopic (exact) mass is 172 g/mol. The molecule has 0 aromatic heterocycles. The SMILES string of the molecule is NC1CCN(CCCCO)CC1. The molecule has 0 aliphatic carbocycles. The molecule has 1 fully saturated rings. The Labute approximate surface area is 74.5 Å². The highest BCUT2D eigenvalue weighted by Gasteiger charge is 2.14.